The van der Waals surface area contributed by atoms with Crippen molar-refractivity contribution in [2.45, 2.75) is 109 Å². The summed E-state index contributed by atoms with van der Waals surface area (Å²) in [6.07, 6.45) is 13.9. The van der Waals surface area contributed by atoms with Gasteiger partial charge >= 0.3 is 11.9 Å². The van der Waals surface area contributed by atoms with Crippen LogP contribution in [-0.2, 0) is 14.3 Å². The van der Waals surface area contributed by atoms with E-state index in [-0.39, 0.29) is 5.97 Å². The second-order valence-electron chi connectivity index (χ2n) is 8.10. The Kier molecular flexibility index (Phi) is 14.0. The number of aliphatic carboxylic acids is 1. The fourth-order valence-electron chi connectivity index (χ4n) is 3.82. The molecule has 2 N–H and O–H groups in total. The van der Waals surface area contributed by atoms with E-state index in [1.807, 2.05) is 4.90 Å². The Bertz CT molecular complexity index is 429. The fraction of sp³-hybridized carbons (Fsp3) is 0.909. The number of rotatable bonds is 17. The van der Waals surface area contributed by atoms with Crippen molar-refractivity contribution in [3.8, 4) is 0 Å². The SMILES string of the molecule is CCCCCCCCCCCOC(=O)CCCCCN1C[C@@H](O)C[C@H]1C(=O)O. The predicted octanol–water partition coefficient (Wildman–Crippen LogP) is 4.14. The van der Waals surface area contributed by atoms with Crippen LogP contribution in [0.3, 0.4) is 0 Å². The molecule has 1 rings (SSSR count). The average Bonchev–Trinajstić information content (AvgIpc) is 3.04. The van der Waals surface area contributed by atoms with Crippen molar-refractivity contribution in [2.75, 3.05) is 19.7 Å². The third-order valence-corrected chi connectivity index (χ3v) is 5.50. The Morgan fingerprint density at radius 2 is 1.54 bits per heavy atom. The highest BCUT2D eigenvalue weighted by atomic mass is 16.5. The molecule has 0 radical (unpaired) electrons. The monoisotopic (exact) mass is 399 g/mol. The molecule has 0 unspecified atom stereocenters. The summed E-state index contributed by atoms with van der Waals surface area (Å²) in [7, 11) is 0. The van der Waals surface area contributed by atoms with Crippen LogP contribution in [0.4, 0.5) is 0 Å². The van der Waals surface area contributed by atoms with E-state index in [2.05, 4.69) is 6.92 Å². The Hall–Kier alpha value is -1.14. The molecule has 0 saturated carbocycles. The van der Waals surface area contributed by atoms with Crippen LogP contribution in [0.15, 0.2) is 0 Å². The van der Waals surface area contributed by atoms with Gasteiger partial charge in [-0.2, -0.15) is 0 Å². The lowest BCUT2D eigenvalue weighted by Gasteiger charge is -2.20. The van der Waals surface area contributed by atoms with Gasteiger partial charge in [0.2, 0.25) is 0 Å². The number of aliphatic hydroxyl groups is 1. The molecule has 0 spiro atoms. The highest BCUT2D eigenvalue weighted by Gasteiger charge is 2.35. The molecule has 1 fully saturated rings. The molecule has 164 valence electrons. The van der Waals surface area contributed by atoms with Crippen LogP contribution in [0, 0.1) is 0 Å². The Morgan fingerprint density at radius 1 is 0.929 bits per heavy atom. The van der Waals surface area contributed by atoms with E-state index in [4.69, 9.17) is 9.84 Å². The number of ether oxygens (including phenoxy) is 1. The molecule has 1 aliphatic heterocycles. The van der Waals surface area contributed by atoms with Gasteiger partial charge < -0.3 is 14.9 Å². The zero-order valence-corrected chi connectivity index (χ0v) is 17.7. The van der Waals surface area contributed by atoms with Gasteiger partial charge in [0, 0.05) is 19.4 Å². The van der Waals surface area contributed by atoms with Crippen LogP contribution < -0.4 is 0 Å². The van der Waals surface area contributed by atoms with E-state index in [1.54, 1.807) is 0 Å². The largest absolute Gasteiger partial charge is 0.480 e. The number of nitrogens with zero attached hydrogens (tertiary/aromatic N) is 1. The standard InChI is InChI=1S/C22H41NO5/c1-2-3-4-5-6-7-8-9-13-16-28-21(25)14-11-10-12-15-23-18-19(24)17-20(23)22(26)27/h19-20,24H,2-18H2,1H3,(H,26,27)/t19-,20-/m0/s1. The molecule has 1 saturated heterocycles. The first-order chi connectivity index (χ1) is 13.5. The summed E-state index contributed by atoms with van der Waals surface area (Å²) in [5.74, 6) is -0.990. The summed E-state index contributed by atoms with van der Waals surface area (Å²) < 4.78 is 5.28. The number of unbranched alkanes of at least 4 members (excludes halogenated alkanes) is 10. The number of carbonyl (C=O) groups is 2. The molecule has 0 aromatic carbocycles. The van der Waals surface area contributed by atoms with Crippen molar-refractivity contribution in [2.24, 2.45) is 0 Å². The average molecular weight is 400 g/mol. The summed E-state index contributed by atoms with van der Waals surface area (Å²) in [6.45, 7) is 3.85. The van der Waals surface area contributed by atoms with E-state index < -0.39 is 18.1 Å². The minimum atomic E-state index is -0.864. The maximum atomic E-state index is 11.7. The minimum Gasteiger partial charge on any atom is -0.480 e. The lowest BCUT2D eigenvalue weighted by Crippen LogP contribution is -2.36. The third-order valence-electron chi connectivity index (χ3n) is 5.50. The summed E-state index contributed by atoms with van der Waals surface area (Å²) in [5.41, 5.74) is 0. The summed E-state index contributed by atoms with van der Waals surface area (Å²) >= 11 is 0. The topological polar surface area (TPSA) is 87.1 Å². The maximum Gasteiger partial charge on any atom is 0.321 e. The van der Waals surface area contributed by atoms with Gasteiger partial charge in [-0.1, -0.05) is 64.7 Å². The van der Waals surface area contributed by atoms with Gasteiger partial charge in [0.1, 0.15) is 6.04 Å². The second kappa shape index (κ2) is 15.7. The second-order valence-corrected chi connectivity index (χ2v) is 8.10. The van der Waals surface area contributed by atoms with E-state index in [0.717, 1.165) is 32.1 Å². The highest BCUT2D eigenvalue weighted by Crippen LogP contribution is 2.19. The fourth-order valence-corrected chi connectivity index (χ4v) is 3.82. The van der Waals surface area contributed by atoms with Gasteiger partial charge in [-0.25, -0.2) is 0 Å². The number of carboxylic acid groups (broad SMARTS) is 1. The molecule has 6 heteroatoms. The van der Waals surface area contributed by atoms with Gasteiger partial charge in [-0.15, -0.1) is 0 Å². The van der Waals surface area contributed by atoms with Gasteiger partial charge in [-0.05, 0) is 25.8 Å². The molecule has 0 aliphatic carbocycles. The number of likely N-dealkylation sites (tertiary alicyclic amines) is 1. The van der Waals surface area contributed by atoms with Gasteiger partial charge in [0.15, 0.2) is 0 Å². The Balaban J connectivity index is 1.90. The number of carbonyl (C=O) groups excluding carboxylic acids is 1. The van der Waals surface area contributed by atoms with E-state index >= 15 is 0 Å². The van der Waals surface area contributed by atoms with Crippen molar-refractivity contribution in [1.29, 1.82) is 0 Å². The molecular formula is C22H41NO5. The lowest BCUT2D eigenvalue weighted by atomic mass is 10.1. The molecule has 0 amide bonds. The molecule has 1 heterocycles. The quantitative estimate of drug-likeness (QED) is 0.282. The summed E-state index contributed by atoms with van der Waals surface area (Å²) in [5, 5.41) is 18.8. The normalized spacial score (nSPS) is 19.8. The van der Waals surface area contributed by atoms with Gasteiger partial charge in [0.25, 0.3) is 0 Å². The van der Waals surface area contributed by atoms with Crippen LogP contribution in [0.1, 0.15) is 96.8 Å². The van der Waals surface area contributed by atoms with E-state index in [9.17, 15) is 14.7 Å². The zero-order valence-electron chi connectivity index (χ0n) is 17.7. The molecule has 1 aliphatic rings. The first-order valence-electron chi connectivity index (χ1n) is 11.3. The van der Waals surface area contributed by atoms with Crippen LogP contribution in [-0.4, -0.2) is 58.9 Å². The molecule has 6 nitrogen and oxygen atoms in total. The molecule has 0 bridgehead atoms. The molecule has 0 aromatic rings. The van der Waals surface area contributed by atoms with Crippen LogP contribution in [0.2, 0.25) is 0 Å². The molecule has 0 aromatic heterocycles. The van der Waals surface area contributed by atoms with Crippen molar-refractivity contribution >= 4 is 11.9 Å². The van der Waals surface area contributed by atoms with Crippen molar-refractivity contribution in [3.63, 3.8) is 0 Å². The number of esters is 1. The number of aliphatic hydroxyl groups excluding tert-OH is 1. The van der Waals surface area contributed by atoms with Gasteiger partial charge in [-0.3, -0.25) is 14.5 Å². The highest BCUT2D eigenvalue weighted by molar-refractivity contribution is 5.74. The zero-order chi connectivity index (χ0) is 20.6. The summed E-state index contributed by atoms with van der Waals surface area (Å²) in [6, 6.07) is -0.573. The van der Waals surface area contributed by atoms with Crippen LogP contribution >= 0.6 is 0 Å². The number of β-amino-alcohol motifs (C(OH)–C–C–N with tert-alkyl or cyclic N) is 1. The first kappa shape index (κ1) is 24.9. The minimum absolute atomic E-state index is 0.125. The third kappa shape index (κ3) is 11.6. The van der Waals surface area contributed by atoms with Crippen LogP contribution in [0.5, 0.6) is 0 Å². The molecule has 28 heavy (non-hydrogen) atoms. The van der Waals surface area contributed by atoms with Crippen molar-refractivity contribution < 1.29 is 24.5 Å². The van der Waals surface area contributed by atoms with E-state index in [0.29, 0.717) is 32.5 Å². The Labute approximate surface area is 170 Å². The van der Waals surface area contributed by atoms with E-state index in [1.165, 1.54) is 44.9 Å². The Morgan fingerprint density at radius 3 is 2.18 bits per heavy atom. The maximum absolute atomic E-state index is 11.7. The molecular weight excluding hydrogens is 358 g/mol. The van der Waals surface area contributed by atoms with Gasteiger partial charge in [0.05, 0.1) is 12.7 Å². The van der Waals surface area contributed by atoms with Crippen molar-refractivity contribution in [3.05, 3.63) is 0 Å². The number of hydrogen-bond acceptors (Lipinski definition) is 5. The number of hydrogen-bond donors (Lipinski definition) is 2. The smallest absolute Gasteiger partial charge is 0.321 e. The number of carboxylic acids is 1. The van der Waals surface area contributed by atoms with Crippen molar-refractivity contribution in [1.82, 2.24) is 4.90 Å². The first-order valence-corrected chi connectivity index (χ1v) is 11.3. The summed E-state index contributed by atoms with van der Waals surface area (Å²) in [4.78, 5) is 24.7. The van der Waals surface area contributed by atoms with Crippen LogP contribution in [0.25, 0.3) is 0 Å². The predicted molar refractivity (Wildman–Crippen MR) is 110 cm³/mol. The lowest BCUT2D eigenvalue weighted by molar-refractivity contribution is -0.144. The molecule has 2 atom stereocenters.